The number of phenolic OH excluding ortho intramolecular Hbond substituents is 1. The third-order valence-corrected chi connectivity index (χ3v) is 6.83. The molecule has 5 aliphatic rings. The van der Waals surface area contributed by atoms with E-state index >= 15 is 0 Å². The summed E-state index contributed by atoms with van der Waals surface area (Å²) in [6.45, 7) is -1.42. The quantitative estimate of drug-likeness (QED) is 0.807. The molecule has 4 saturated carbocycles. The van der Waals surface area contributed by atoms with Crippen LogP contribution < -0.4 is 0 Å². The maximum atomic E-state index is 13.0. The first-order valence-corrected chi connectivity index (χ1v) is 9.19. The SMILES string of the molecule is Oc1cccc(C2(OCC(F)(F)F)OOC23C2CC4CC(C2)CC3C4)c1. The lowest BCUT2D eigenvalue weighted by molar-refractivity contribution is -0.650. The third-order valence-electron chi connectivity index (χ3n) is 6.83. The van der Waals surface area contributed by atoms with Gasteiger partial charge in [-0.15, -0.1) is 0 Å². The molecule has 5 fully saturated rings. The van der Waals surface area contributed by atoms with E-state index in [9.17, 15) is 18.3 Å². The minimum Gasteiger partial charge on any atom is -0.508 e. The van der Waals surface area contributed by atoms with Gasteiger partial charge in [-0.2, -0.15) is 18.1 Å². The van der Waals surface area contributed by atoms with Crippen LogP contribution >= 0.6 is 0 Å². The molecule has 26 heavy (non-hydrogen) atoms. The highest BCUT2D eigenvalue weighted by Gasteiger charge is 2.77. The van der Waals surface area contributed by atoms with Gasteiger partial charge in [0.15, 0.2) is 5.60 Å². The molecular formula is C19H21F3O4. The largest absolute Gasteiger partial charge is 0.508 e. The van der Waals surface area contributed by atoms with Crippen LogP contribution in [0.15, 0.2) is 24.3 Å². The Kier molecular flexibility index (Phi) is 3.47. The number of ether oxygens (including phenoxy) is 1. The van der Waals surface area contributed by atoms with Crippen LogP contribution in [-0.4, -0.2) is 23.5 Å². The Morgan fingerprint density at radius 1 is 1.04 bits per heavy atom. The number of halogens is 3. The molecule has 1 aromatic rings. The summed E-state index contributed by atoms with van der Waals surface area (Å²) < 4.78 is 44.4. The molecule has 1 saturated heterocycles. The summed E-state index contributed by atoms with van der Waals surface area (Å²) in [7, 11) is 0. The lowest BCUT2D eigenvalue weighted by atomic mass is 9.47. The van der Waals surface area contributed by atoms with Gasteiger partial charge >= 0.3 is 6.18 Å². The monoisotopic (exact) mass is 370 g/mol. The predicted octanol–water partition coefficient (Wildman–Crippen LogP) is 4.28. The maximum Gasteiger partial charge on any atom is 0.411 e. The fourth-order valence-corrected chi connectivity index (χ4v) is 6.16. The fourth-order valence-electron chi connectivity index (χ4n) is 6.16. The number of rotatable bonds is 3. The summed E-state index contributed by atoms with van der Waals surface area (Å²) in [6, 6.07) is 6.13. The molecule has 6 rings (SSSR count). The maximum absolute atomic E-state index is 13.0. The van der Waals surface area contributed by atoms with E-state index in [2.05, 4.69) is 0 Å². The van der Waals surface area contributed by atoms with E-state index < -0.39 is 24.2 Å². The summed E-state index contributed by atoms with van der Waals surface area (Å²) in [6.07, 6.45) is 0.486. The summed E-state index contributed by atoms with van der Waals surface area (Å²) >= 11 is 0. The van der Waals surface area contributed by atoms with Gasteiger partial charge in [0.1, 0.15) is 12.4 Å². The van der Waals surface area contributed by atoms with Crippen molar-refractivity contribution in [1.29, 1.82) is 0 Å². The molecule has 0 radical (unpaired) electrons. The molecule has 1 spiro atoms. The van der Waals surface area contributed by atoms with E-state index in [1.165, 1.54) is 18.6 Å². The van der Waals surface area contributed by atoms with Gasteiger partial charge in [-0.1, -0.05) is 12.1 Å². The Morgan fingerprint density at radius 3 is 2.19 bits per heavy atom. The smallest absolute Gasteiger partial charge is 0.411 e. The van der Waals surface area contributed by atoms with Crippen molar-refractivity contribution in [1.82, 2.24) is 0 Å². The normalized spacial score (nSPS) is 43.7. The van der Waals surface area contributed by atoms with Crippen molar-refractivity contribution >= 4 is 0 Å². The molecule has 0 aromatic heterocycles. The van der Waals surface area contributed by atoms with E-state index in [0.29, 0.717) is 17.4 Å². The molecule has 1 atom stereocenters. The van der Waals surface area contributed by atoms with Crippen molar-refractivity contribution < 1.29 is 32.8 Å². The van der Waals surface area contributed by atoms with E-state index in [0.717, 1.165) is 25.7 Å². The van der Waals surface area contributed by atoms with Crippen molar-refractivity contribution in [2.45, 2.75) is 49.7 Å². The number of benzene rings is 1. The van der Waals surface area contributed by atoms with E-state index in [1.54, 1.807) is 12.1 Å². The first-order valence-electron chi connectivity index (χ1n) is 9.19. The molecule has 1 heterocycles. The van der Waals surface area contributed by atoms with Crippen LogP contribution in [0.5, 0.6) is 5.75 Å². The average Bonchev–Trinajstić information content (AvgIpc) is 2.52. The van der Waals surface area contributed by atoms with E-state index in [1.807, 2.05) is 0 Å². The number of phenols is 1. The Labute approximate surface area is 149 Å². The predicted molar refractivity (Wildman–Crippen MR) is 83.7 cm³/mol. The van der Waals surface area contributed by atoms with Gasteiger partial charge in [-0.3, -0.25) is 0 Å². The van der Waals surface area contributed by atoms with Crippen molar-refractivity contribution in [3.63, 3.8) is 0 Å². The van der Waals surface area contributed by atoms with Crippen LogP contribution in [0.25, 0.3) is 0 Å². The van der Waals surface area contributed by atoms with Crippen LogP contribution in [0.2, 0.25) is 0 Å². The van der Waals surface area contributed by atoms with Crippen LogP contribution in [0.1, 0.15) is 37.7 Å². The van der Waals surface area contributed by atoms with Gasteiger partial charge in [0.05, 0.1) is 0 Å². The molecule has 1 N–H and O–H groups in total. The molecule has 0 amide bonds. The van der Waals surface area contributed by atoms with E-state index in [-0.39, 0.29) is 17.6 Å². The molecule has 142 valence electrons. The molecule has 1 aliphatic heterocycles. The summed E-state index contributed by atoms with van der Waals surface area (Å²) in [5.41, 5.74) is -0.514. The van der Waals surface area contributed by atoms with Crippen LogP contribution in [0.3, 0.4) is 0 Å². The Morgan fingerprint density at radius 2 is 1.69 bits per heavy atom. The van der Waals surface area contributed by atoms with Gasteiger partial charge in [0.25, 0.3) is 5.79 Å². The number of hydrogen-bond donors (Lipinski definition) is 1. The van der Waals surface area contributed by atoms with Gasteiger partial charge in [0.2, 0.25) is 0 Å². The van der Waals surface area contributed by atoms with Crippen LogP contribution in [0.4, 0.5) is 13.2 Å². The second-order valence-electron chi connectivity index (χ2n) is 8.33. The Bertz CT molecular complexity index is 691. The summed E-state index contributed by atoms with van der Waals surface area (Å²) in [5, 5.41) is 9.89. The van der Waals surface area contributed by atoms with Gasteiger partial charge in [-0.25, -0.2) is 4.89 Å². The Balaban J connectivity index is 1.58. The molecule has 1 unspecified atom stereocenters. The summed E-state index contributed by atoms with van der Waals surface area (Å²) in [4.78, 5) is 11.1. The standard InChI is InChI=1S/C19H21F3O4/c20-17(21,22)10-24-19(13-2-1-3-16(23)9-13)18(25-26-19)14-5-11-4-12(7-14)8-15(18)6-11/h1-3,9,11-12,14-15,23H,4-8,10H2. The topological polar surface area (TPSA) is 47.9 Å². The first kappa shape index (κ1) is 16.8. The van der Waals surface area contributed by atoms with Crippen LogP contribution in [0, 0.1) is 23.7 Å². The van der Waals surface area contributed by atoms with Gasteiger partial charge < -0.3 is 9.84 Å². The second-order valence-corrected chi connectivity index (χ2v) is 8.33. The zero-order valence-electron chi connectivity index (χ0n) is 14.2. The highest BCUT2D eigenvalue weighted by molar-refractivity contribution is 5.35. The number of hydrogen-bond acceptors (Lipinski definition) is 4. The molecule has 7 heteroatoms. The molecule has 4 aliphatic carbocycles. The molecule has 4 bridgehead atoms. The van der Waals surface area contributed by atoms with Gasteiger partial charge in [0, 0.05) is 5.56 Å². The zero-order valence-corrected chi connectivity index (χ0v) is 14.2. The molecular weight excluding hydrogens is 349 g/mol. The van der Waals surface area contributed by atoms with Crippen molar-refractivity contribution in [3.8, 4) is 5.75 Å². The fraction of sp³-hybridized carbons (Fsp3) is 0.684. The minimum absolute atomic E-state index is 0.0352. The average molecular weight is 370 g/mol. The van der Waals surface area contributed by atoms with E-state index in [4.69, 9.17) is 14.5 Å². The second kappa shape index (κ2) is 5.36. The first-order chi connectivity index (χ1) is 12.3. The minimum atomic E-state index is -4.48. The number of aromatic hydroxyl groups is 1. The molecule has 4 nitrogen and oxygen atoms in total. The van der Waals surface area contributed by atoms with Crippen molar-refractivity contribution in [3.05, 3.63) is 29.8 Å². The third kappa shape index (κ3) is 2.20. The number of alkyl halides is 3. The lowest BCUT2D eigenvalue weighted by Crippen LogP contribution is -2.77. The molecule has 1 aromatic carbocycles. The van der Waals surface area contributed by atoms with Crippen molar-refractivity contribution in [2.75, 3.05) is 6.61 Å². The van der Waals surface area contributed by atoms with Gasteiger partial charge in [-0.05, 0) is 67.9 Å². The highest BCUT2D eigenvalue weighted by atomic mass is 19.4. The lowest BCUT2D eigenvalue weighted by Gasteiger charge is -2.68. The van der Waals surface area contributed by atoms with Crippen LogP contribution in [-0.2, 0) is 20.3 Å². The van der Waals surface area contributed by atoms with Crippen molar-refractivity contribution in [2.24, 2.45) is 23.7 Å². The zero-order chi connectivity index (χ0) is 18.2. The Hall–Kier alpha value is -1.31. The summed E-state index contributed by atoms with van der Waals surface area (Å²) in [5.74, 6) is -0.184. The highest BCUT2D eigenvalue weighted by Crippen LogP contribution is 2.69.